The highest BCUT2D eigenvalue weighted by Gasteiger charge is 2.42. The van der Waals surface area contributed by atoms with Gasteiger partial charge in [0.05, 0.1) is 17.9 Å². The van der Waals surface area contributed by atoms with Gasteiger partial charge in [0.1, 0.15) is 5.76 Å². The second-order valence-corrected chi connectivity index (χ2v) is 7.26. The molecule has 3 heterocycles. The lowest BCUT2D eigenvalue weighted by atomic mass is 9.74. The molecule has 0 bridgehead atoms. The predicted molar refractivity (Wildman–Crippen MR) is 85.8 cm³/mol. The van der Waals surface area contributed by atoms with Gasteiger partial charge in [-0.25, -0.2) is 0 Å². The van der Waals surface area contributed by atoms with E-state index in [0.29, 0.717) is 12.1 Å². The third-order valence-corrected chi connectivity index (χ3v) is 5.81. The third kappa shape index (κ3) is 2.97. The molecule has 1 aliphatic carbocycles. The van der Waals surface area contributed by atoms with Crippen molar-refractivity contribution >= 4 is 0 Å². The summed E-state index contributed by atoms with van der Waals surface area (Å²) in [6.45, 7) is 4.32. The molecule has 4 rings (SSSR count). The van der Waals surface area contributed by atoms with Crippen molar-refractivity contribution in [3.8, 4) is 0 Å². The number of furan rings is 1. The highest BCUT2D eigenvalue weighted by molar-refractivity contribution is 5.07. The Kier molecular flexibility index (Phi) is 4.25. The van der Waals surface area contributed by atoms with Crippen molar-refractivity contribution in [2.24, 2.45) is 0 Å². The van der Waals surface area contributed by atoms with Gasteiger partial charge in [-0.1, -0.05) is 0 Å². The van der Waals surface area contributed by atoms with E-state index >= 15 is 0 Å². The first kappa shape index (κ1) is 14.7. The van der Waals surface area contributed by atoms with Crippen LogP contribution < -0.4 is 5.32 Å². The standard InChI is InChI=1S/C18H28N2O2/c1-2-10-20(9-1)16(17-5-3-11-21-17)14-19-15-6-12-22-18(13-15)7-4-8-18/h3,5,11,15-16,19H,1-2,4,6-10,12-14H2. The van der Waals surface area contributed by atoms with Crippen molar-refractivity contribution in [2.75, 3.05) is 26.2 Å². The zero-order chi connectivity index (χ0) is 14.8. The molecule has 1 N–H and O–H groups in total. The van der Waals surface area contributed by atoms with Gasteiger partial charge in [-0.15, -0.1) is 0 Å². The third-order valence-electron chi connectivity index (χ3n) is 5.81. The van der Waals surface area contributed by atoms with Crippen LogP contribution in [0.3, 0.4) is 0 Å². The minimum absolute atomic E-state index is 0.226. The molecule has 0 radical (unpaired) electrons. The van der Waals surface area contributed by atoms with Crippen molar-refractivity contribution in [1.29, 1.82) is 0 Å². The number of nitrogens with zero attached hydrogens (tertiary/aromatic N) is 1. The lowest BCUT2D eigenvalue weighted by molar-refractivity contribution is -0.135. The first-order chi connectivity index (χ1) is 10.8. The maximum Gasteiger partial charge on any atom is 0.122 e. The first-order valence-electron chi connectivity index (χ1n) is 8.99. The zero-order valence-corrected chi connectivity index (χ0v) is 13.4. The van der Waals surface area contributed by atoms with Crippen molar-refractivity contribution < 1.29 is 9.15 Å². The monoisotopic (exact) mass is 304 g/mol. The van der Waals surface area contributed by atoms with E-state index in [-0.39, 0.29) is 5.60 Å². The lowest BCUT2D eigenvalue weighted by Crippen LogP contribution is -2.52. The zero-order valence-electron chi connectivity index (χ0n) is 13.4. The van der Waals surface area contributed by atoms with E-state index in [2.05, 4.69) is 16.3 Å². The van der Waals surface area contributed by atoms with Crippen LogP contribution in [-0.2, 0) is 4.74 Å². The molecule has 4 nitrogen and oxygen atoms in total. The van der Waals surface area contributed by atoms with Gasteiger partial charge in [-0.2, -0.15) is 0 Å². The van der Waals surface area contributed by atoms with Crippen molar-refractivity contribution in [3.05, 3.63) is 24.2 Å². The number of hydrogen-bond donors (Lipinski definition) is 1. The van der Waals surface area contributed by atoms with Crippen LogP contribution >= 0.6 is 0 Å². The number of nitrogens with one attached hydrogen (secondary N) is 1. The first-order valence-corrected chi connectivity index (χ1v) is 8.99. The van der Waals surface area contributed by atoms with Gasteiger partial charge in [0.15, 0.2) is 0 Å². The molecule has 1 aromatic rings. The van der Waals surface area contributed by atoms with Gasteiger partial charge < -0.3 is 14.5 Å². The number of ether oxygens (including phenoxy) is 1. The Balaban J connectivity index is 1.37. The molecule has 1 spiro atoms. The Labute approximate surface area is 133 Å². The summed E-state index contributed by atoms with van der Waals surface area (Å²) in [5, 5.41) is 3.83. The van der Waals surface area contributed by atoms with E-state index in [9.17, 15) is 0 Å². The number of hydrogen-bond acceptors (Lipinski definition) is 4. The Bertz CT molecular complexity index is 463. The summed E-state index contributed by atoms with van der Waals surface area (Å²) in [6, 6.07) is 5.13. The van der Waals surface area contributed by atoms with Crippen LogP contribution in [0.25, 0.3) is 0 Å². The minimum Gasteiger partial charge on any atom is -0.468 e. The molecule has 1 aromatic heterocycles. The van der Waals surface area contributed by atoms with E-state index in [1.165, 1.54) is 51.6 Å². The Morgan fingerprint density at radius 2 is 2.14 bits per heavy atom. The second kappa shape index (κ2) is 6.34. The van der Waals surface area contributed by atoms with Crippen LogP contribution in [0.15, 0.2) is 22.8 Å². The lowest BCUT2D eigenvalue weighted by Gasteiger charge is -2.47. The Morgan fingerprint density at radius 1 is 1.27 bits per heavy atom. The minimum atomic E-state index is 0.226. The van der Waals surface area contributed by atoms with E-state index in [1.807, 2.05) is 6.07 Å². The Morgan fingerprint density at radius 3 is 2.82 bits per heavy atom. The fourth-order valence-corrected chi connectivity index (χ4v) is 4.34. The van der Waals surface area contributed by atoms with Crippen LogP contribution in [0.1, 0.15) is 56.7 Å². The fraction of sp³-hybridized carbons (Fsp3) is 0.778. The van der Waals surface area contributed by atoms with Crippen molar-refractivity contribution in [3.63, 3.8) is 0 Å². The van der Waals surface area contributed by atoms with Crippen molar-refractivity contribution in [2.45, 2.75) is 62.6 Å². The molecule has 22 heavy (non-hydrogen) atoms. The van der Waals surface area contributed by atoms with Crippen LogP contribution in [-0.4, -0.2) is 42.8 Å². The summed E-state index contributed by atoms with van der Waals surface area (Å²) in [4.78, 5) is 2.57. The summed E-state index contributed by atoms with van der Waals surface area (Å²) < 4.78 is 11.8. The average Bonchev–Trinajstić information content (AvgIpc) is 3.20. The molecule has 1 saturated carbocycles. The highest BCUT2D eigenvalue weighted by Crippen LogP contribution is 2.42. The van der Waals surface area contributed by atoms with Crippen LogP contribution in [0.5, 0.6) is 0 Å². The largest absolute Gasteiger partial charge is 0.468 e. The molecule has 2 aliphatic heterocycles. The molecule has 2 unspecified atom stereocenters. The van der Waals surface area contributed by atoms with Gasteiger partial charge in [0.2, 0.25) is 0 Å². The quantitative estimate of drug-likeness (QED) is 0.907. The fourth-order valence-electron chi connectivity index (χ4n) is 4.34. The molecule has 2 atom stereocenters. The average molecular weight is 304 g/mol. The van der Waals surface area contributed by atoms with E-state index < -0.39 is 0 Å². The normalized spacial score (nSPS) is 29.5. The van der Waals surface area contributed by atoms with E-state index in [0.717, 1.165) is 25.3 Å². The second-order valence-electron chi connectivity index (χ2n) is 7.26. The maximum absolute atomic E-state index is 6.04. The molecule has 0 aromatic carbocycles. The summed E-state index contributed by atoms with van der Waals surface area (Å²) in [5.41, 5.74) is 0.226. The summed E-state index contributed by atoms with van der Waals surface area (Å²) in [6.07, 6.45) is 10.6. The topological polar surface area (TPSA) is 37.6 Å². The molecule has 3 fully saturated rings. The SMILES string of the molecule is c1coc(C(CNC2CCOC3(CCC3)C2)N2CCCC2)c1. The van der Waals surface area contributed by atoms with Crippen LogP contribution in [0.4, 0.5) is 0 Å². The van der Waals surface area contributed by atoms with E-state index in [4.69, 9.17) is 9.15 Å². The number of likely N-dealkylation sites (tertiary alicyclic amines) is 1. The molecule has 4 heteroatoms. The van der Waals surface area contributed by atoms with Crippen molar-refractivity contribution in [1.82, 2.24) is 10.2 Å². The smallest absolute Gasteiger partial charge is 0.122 e. The molecule has 2 saturated heterocycles. The molecule has 0 amide bonds. The molecular weight excluding hydrogens is 276 g/mol. The van der Waals surface area contributed by atoms with Gasteiger partial charge >= 0.3 is 0 Å². The van der Waals surface area contributed by atoms with Gasteiger partial charge in [0.25, 0.3) is 0 Å². The summed E-state index contributed by atoms with van der Waals surface area (Å²) in [5.74, 6) is 1.11. The number of rotatable bonds is 5. The molecular formula is C18H28N2O2. The van der Waals surface area contributed by atoms with Crippen LogP contribution in [0.2, 0.25) is 0 Å². The Hall–Kier alpha value is -0.840. The van der Waals surface area contributed by atoms with Crippen LogP contribution in [0, 0.1) is 0 Å². The van der Waals surface area contributed by atoms with E-state index in [1.54, 1.807) is 6.26 Å². The molecule has 122 valence electrons. The molecule has 3 aliphatic rings. The van der Waals surface area contributed by atoms with Gasteiger partial charge in [0, 0.05) is 19.2 Å². The van der Waals surface area contributed by atoms with Gasteiger partial charge in [-0.3, -0.25) is 4.90 Å². The highest BCUT2D eigenvalue weighted by atomic mass is 16.5. The maximum atomic E-state index is 6.04. The van der Waals surface area contributed by atoms with Gasteiger partial charge in [-0.05, 0) is 70.2 Å². The predicted octanol–water partition coefficient (Wildman–Crippen LogP) is 3.11. The summed E-state index contributed by atoms with van der Waals surface area (Å²) >= 11 is 0. The summed E-state index contributed by atoms with van der Waals surface area (Å²) in [7, 11) is 0.